The fourth-order valence-electron chi connectivity index (χ4n) is 2.20. The monoisotopic (exact) mass is 326 g/mol. The van der Waals surface area contributed by atoms with Crippen LogP contribution in [-0.2, 0) is 22.4 Å². The second-order valence-electron chi connectivity index (χ2n) is 5.40. The molecule has 2 aromatic carbocycles. The third kappa shape index (κ3) is 5.43. The maximum absolute atomic E-state index is 11.9. The van der Waals surface area contributed by atoms with Gasteiger partial charge in [0.05, 0.1) is 20.1 Å². The number of aryl methyl sites for hydroxylation is 1. The van der Waals surface area contributed by atoms with Crippen molar-refractivity contribution in [2.75, 3.05) is 19.0 Å². The maximum atomic E-state index is 11.9. The molecule has 0 aromatic heterocycles. The molecule has 0 aliphatic heterocycles. The summed E-state index contributed by atoms with van der Waals surface area (Å²) in [6, 6.07) is 14.9. The van der Waals surface area contributed by atoms with E-state index in [2.05, 4.69) is 17.6 Å². The molecule has 2 N–H and O–H groups in total. The number of hydrogen-bond acceptors (Lipinski definition) is 3. The summed E-state index contributed by atoms with van der Waals surface area (Å²) in [6.07, 6.45) is 1.18. The van der Waals surface area contributed by atoms with Crippen molar-refractivity contribution in [2.24, 2.45) is 0 Å². The third-order valence-corrected chi connectivity index (χ3v) is 3.62. The van der Waals surface area contributed by atoms with Gasteiger partial charge < -0.3 is 15.4 Å². The summed E-state index contributed by atoms with van der Waals surface area (Å²) in [5, 5.41) is 5.38. The third-order valence-electron chi connectivity index (χ3n) is 3.62. The van der Waals surface area contributed by atoms with E-state index in [1.807, 2.05) is 36.4 Å². The Labute approximate surface area is 142 Å². The molecule has 0 atom stereocenters. The Morgan fingerprint density at radius 2 is 1.54 bits per heavy atom. The molecule has 2 aromatic rings. The zero-order valence-electron chi connectivity index (χ0n) is 14.0. The van der Waals surface area contributed by atoms with E-state index in [9.17, 15) is 9.59 Å². The summed E-state index contributed by atoms with van der Waals surface area (Å²) in [4.78, 5) is 23.7. The molecule has 5 nitrogen and oxygen atoms in total. The molecule has 0 heterocycles. The topological polar surface area (TPSA) is 67.4 Å². The molecular formula is C19H22N2O3. The van der Waals surface area contributed by atoms with Crippen molar-refractivity contribution in [1.82, 2.24) is 5.32 Å². The largest absolute Gasteiger partial charge is 0.497 e. The summed E-state index contributed by atoms with van der Waals surface area (Å²) in [5.41, 5.74) is 2.80. The molecule has 0 radical (unpaired) electrons. The van der Waals surface area contributed by atoms with Gasteiger partial charge >= 0.3 is 0 Å². The number of benzene rings is 2. The number of nitrogens with one attached hydrogen (secondary N) is 2. The predicted molar refractivity (Wildman–Crippen MR) is 94.2 cm³/mol. The standard InChI is InChI=1S/C19H22N2O3/c1-3-14-4-8-16(9-5-14)21-19(23)13-20-18(22)12-15-6-10-17(24-2)11-7-15/h4-11H,3,12-13H2,1-2H3,(H,20,22)(H,21,23). The van der Waals surface area contributed by atoms with E-state index in [-0.39, 0.29) is 24.8 Å². The van der Waals surface area contributed by atoms with E-state index in [1.54, 1.807) is 19.2 Å². The van der Waals surface area contributed by atoms with Gasteiger partial charge in [0.25, 0.3) is 0 Å². The highest BCUT2D eigenvalue weighted by atomic mass is 16.5. The van der Waals surface area contributed by atoms with Crippen LogP contribution in [0.1, 0.15) is 18.1 Å². The van der Waals surface area contributed by atoms with Gasteiger partial charge in [0.1, 0.15) is 5.75 Å². The molecule has 2 amide bonds. The molecule has 0 fully saturated rings. The van der Waals surface area contributed by atoms with Gasteiger partial charge in [-0.15, -0.1) is 0 Å². The van der Waals surface area contributed by atoms with Crippen molar-refractivity contribution in [1.29, 1.82) is 0 Å². The Balaban J connectivity index is 1.76. The Bertz CT molecular complexity index is 617. The van der Waals surface area contributed by atoms with E-state index in [4.69, 9.17) is 4.74 Å². The highest BCUT2D eigenvalue weighted by molar-refractivity contribution is 5.94. The number of carbonyl (C=O) groups is 2. The van der Waals surface area contributed by atoms with Gasteiger partial charge in [-0.25, -0.2) is 0 Å². The number of amides is 2. The zero-order chi connectivity index (χ0) is 17.4. The molecule has 0 unspecified atom stereocenters. The quantitative estimate of drug-likeness (QED) is 0.822. The number of ether oxygens (including phenoxy) is 1. The lowest BCUT2D eigenvalue weighted by Crippen LogP contribution is -2.33. The number of carbonyl (C=O) groups excluding carboxylic acids is 2. The summed E-state index contributed by atoms with van der Waals surface area (Å²) >= 11 is 0. The molecule has 24 heavy (non-hydrogen) atoms. The maximum Gasteiger partial charge on any atom is 0.243 e. The summed E-state index contributed by atoms with van der Waals surface area (Å²) in [7, 11) is 1.59. The van der Waals surface area contributed by atoms with Crippen LogP contribution in [0.15, 0.2) is 48.5 Å². The minimum atomic E-state index is -0.248. The predicted octanol–water partition coefficient (Wildman–Crippen LogP) is 2.56. The van der Waals surface area contributed by atoms with Crippen LogP contribution in [0.4, 0.5) is 5.69 Å². The van der Waals surface area contributed by atoms with Crippen LogP contribution in [0.25, 0.3) is 0 Å². The number of anilines is 1. The molecule has 0 aliphatic carbocycles. The number of rotatable bonds is 7. The van der Waals surface area contributed by atoms with Crippen molar-refractivity contribution in [2.45, 2.75) is 19.8 Å². The first-order valence-corrected chi connectivity index (χ1v) is 7.89. The van der Waals surface area contributed by atoms with E-state index < -0.39 is 0 Å². The first-order chi connectivity index (χ1) is 11.6. The zero-order valence-corrected chi connectivity index (χ0v) is 14.0. The first kappa shape index (κ1) is 17.5. The van der Waals surface area contributed by atoms with Crippen LogP contribution >= 0.6 is 0 Å². The molecule has 2 rings (SSSR count). The average Bonchev–Trinajstić information content (AvgIpc) is 2.61. The summed E-state index contributed by atoms with van der Waals surface area (Å²) in [5.74, 6) is 0.298. The van der Waals surface area contributed by atoms with Gasteiger partial charge in [0.2, 0.25) is 11.8 Å². The number of methoxy groups -OCH3 is 1. The van der Waals surface area contributed by atoms with Crippen molar-refractivity contribution in [3.63, 3.8) is 0 Å². The van der Waals surface area contributed by atoms with Crippen LogP contribution in [0.5, 0.6) is 5.75 Å². The highest BCUT2D eigenvalue weighted by Crippen LogP contribution is 2.12. The second-order valence-corrected chi connectivity index (χ2v) is 5.40. The molecule has 126 valence electrons. The van der Waals surface area contributed by atoms with Gasteiger partial charge in [-0.1, -0.05) is 31.2 Å². The molecule has 0 saturated heterocycles. The van der Waals surface area contributed by atoms with Crippen molar-refractivity contribution < 1.29 is 14.3 Å². The van der Waals surface area contributed by atoms with Crippen LogP contribution in [0.3, 0.4) is 0 Å². The lowest BCUT2D eigenvalue weighted by Gasteiger charge is -2.08. The van der Waals surface area contributed by atoms with Crippen LogP contribution in [-0.4, -0.2) is 25.5 Å². The molecule has 5 heteroatoms. The fourth-order valence-corrected chi connectivity index (χ4v) is 2.20. The van der Waals surface area contributed by atoms with Crippen LogP contribution in [0.2, 0.25) is 0 Å². The Hall–Kier alpha value is -2.82. The Morgan fingerprint density at radius 1 is 0.917 bits per heavy atom. The minimum absolute atomic E-state index is 0.0511. The van der Waals surface area contributed by atoms with Gasteiger partial charge in [-0.05, 0) is 41.8 Å². The van der Waals surface area contributed by atoms with E-state index in [0.29, 0.717) is 0 Å². The van der Waals surface area contributed by atoms with Gasteiger partial charge in [0.15, 0.2) is 0 Å². The van der Waals surface area contributed by atoms with Crippen LogP contribution < -0.4 is 15.4 Å². The lowest BCUT2D eigenvalue weighted by molar-refractivity contribution is -0.123. The summed E-state index contributed by atoms with van der Waals surface area (Å²) in [6.45, 7) is 2.02. The van der Waals surface area contributed by atoms with Crippen LogP contribution in [0, 0.1) is 0 Å². The van der Waals surface area contributed by atoms with E-state index in [0.717, 1.165) is 23.4 Å². The Kier molecular flexibility index (Phi) is 6.37. The summed E-state index contributed by atoms with van der Waals surface area (Å²) < 4.78 is 5.07. The van der Waals surface area contributed by atoms with E-state index >= 15 is 0 Å². The molecule has 0 bridgehead atoms. The smallest absolute Gasteiger partial charge is 0.243 e. The second kappa shape index (κ2) is 8.72. The van der Waals surface area contributed by atoms with Crippen molar-refractivity contribution >= 4 is 17.5 Å². The Morgan fingerprint density at radius 3 is 2.12 bits per heavy atom. The van der Waals surface area contributed by atoms with Crippen molar-refractivity contribution in [3.8, 4) is 5.75 Å². The molecule has 0 spiro atoms. The molecule has 0 aliphatic rings. The highest BCUT2D eigenvalue weighted by Gasteiger charge is 2.07. The van der Waals surface area contributed by atoms with Crippen molar-refractivity contribution in [3.05, 3.63) is 59.7 Å². The first-order valence-electron chi connectivity index (χ1n) is 7.89. The average molecular weight is 326 g/mol. The SMILES string of the molecule is CCc1ccc(NC(=O)CNC(=O)Cc2ccc(OC)cc2)cc1. The molecular weight excluding hydrogens is 304 g/mol. The fraction of sp³-hybridized carbons (Fsp3) is 0.263. The van der Waals surface area contributed by atoms with E-state index in [1.165, 1.54) is 5.56 Å². The minimum Gasteiger partial charge on any atom is -0.497 e. The van der Waals surface area contributed by atoms with Gasteiger partial charge in [-0.2, -0.15) is 0 Å². The number of hydrogen-bond donors (Lipinski definition) is 2. The lowest BCUT2D eigenvalue weighted by atomic mass is 10.1. The van der Waals surface area contributed by atoms with Gasteiger partial charge in [0, 0.05) is 5.69 Å². The normalized spacial score (nSPS) is 10.1. The molecule has 0 saturated carbocycles. The van der Waals surface area contributed by atoms with Gasteiger partial charge in [-0.3, -0.25) is 9.59 Å².